The number of aromatic nitrogens is 1. The maximum absolute atomic E-state index is 12.1. The molecule has 0 spiro atoms. The molecule has 3 aromatic rings. The smallest absolute Gasteiger partial charge is 0.221 e. The second-order valence-electron chi connectivity index (χ2n) is 8.09. The molecular formula is C25H28Cl2N4O2. The van der Waals surface area contributed by atoms with E-state index in [1.54, 1.807) is 12.1 Å². The molecule has 0 fully saturated rings. The normalized spacial score (nSPS) is 11.0. The monoisotopic (exact) mass is 486 g/mol. The Labute approximate surface area is 204 Å². The Morgan fingerprint density at radius 1 is 1.06 bits per heavy atom. The van der Waals surface area contributed by atoms with E-state index in [1.165, 1.54) is 0 Å². The van der Waals surface area contributed by atoms with Crippen molar-refractivity contribution in [2.24, 2.45) is 0 Å². The molecule has 3 rings (SSSR count). The van der Waals surface area contributed by atoms with Crippen molar-refractivity contribution in [2.75, 3.05) is 39.0 Å². The minimum atomic E-state index is -0.0291. The molecule has 0 atom stereocenters. The first-order chi connectivity index (χ1) is 15.7. The summed E-state index contributed by atoms with van der Waals surface area (Å²) in [4.78, 5) is 18.8. The highest BCUT2D eigenvalue weighted by Gasteiger charge is 2.13. The second-order valence-corrected chi connectivity index (χ2v) is 8.93. The molecule has 0 aliphatic rings. The van der Waals surface area contributed by atoms with Gasteiger partial charge in [0.15, 0.2) is 0 Å². The number of benzene rings is 2. The van der Waals surface area contributed by atoms with Crippen LogP contribution in [0.2, 0.25) is 10.0 Å². The van der Waals surface area contributed by atoms with Crippen LogP contribution < -0.4 is 10.6 Å². The highest BCUT2D eigenvalue weighted by molar-refractivity contribution is 6.31. The van der Waals surface area contributed by atoms with Gasteiger partial charge in [0.05, 0.1) is 5.69 Å². The maximum Gasteiger partial charge on any atom is 0.221 e. The number of phenols is 1. The van der Waals surface area contributed by atoms with Gasteiger partial charge in [-0.2, -0.15) is 0 Å². The number of nitrogens with one attached hydrogen (secondary N) is 2. The minimum Gasteiger partial charge on any atom is -0.507 e. The summed E-state index contributed by atoms with van der Waals surface area (Å²) in [7, 11) is 3.92. The number of rotatable bonds is 9. The molecule has 6 nitrogen and oxygen atoms in total. The van der Waals surface area contributed by atoms with Gasteiger partial charge < -0.3 is 20.6 Å². The van der Waals surface area contributed by atoms with E-state index >= 15 is 0 Å². The Morgan fingerprint density at radius 3 is 2.58 bits per heavy atom. The maximum atomic E-state index is 12.1. The molecular weight excluding hydrogens is 459 g/mol. The van der Waals surface area contributed by atoms with Gasteiger partial charge in [-0.1, -0.05) is 35.3 Å². The molecule has 0 saturated carbocycles. The highest BCUT2D eigenvalue weighted by Crippen LogP contribution is 2.36. The first-order valence-corrected chi connectivity index (χ1v) is 11.4. The number of pyridine rings is 1. The lowest BCUT2D eigenvalue weighted by molar-refractivity contribution is -0.120. The van der Waals surface area contributed by atoms with Crippen LogP contribution in [-0.2, 0) is 4.79 Å². The predicted molar refractivity (Wildman–Crippen MR) is 136 cm³/mol. The standard InChI is InChI=1S/C25H28Cl2N4O2/c1-16-11-23(32)20(15-21(16)27)22-13-18(17-5-4-6-19(26)12-17)14-24(30-22)28-8-7-25(33)29-9-10-31(2)3/h4-6,11-15,32H,7-10H2,1-3H3,(H,28,30)(H,29,33). The van der Waals surface area contributed by atoms with Crippen molar-refractivity contribution in [2.45, 2.75) is 13.3 Å². The van der Waals surface area contributed by atoms with Crippen molar-refractivity contribution in [3.8, 4) is 28.1 Å². The third kappa shape index (κ3) is 7.09. The number of hydrogen-bond acceptors (Lipinski definition) is 5. The number of amides is 1. The third-order valence-electron chi connectivity index (χ3n) is 5.08. The van der Waals surface area contributed by atoms with Crippen LogP contribution in [0.25, 0.3) is 22.4 Å². The molecule has 8 heteroatoms. The molecule has 2 aromatic carbocycles. The van der Waals surface area contributed by atoms with Crippen LogP contribution in [0.1, 0.15) is 12.0 Å². The van der Waals surface area contributed by atoms with Crippen molar-refractivity contribution < 1.29 is 9.90 Å². The number of hydrogen-bond donors (Lipinski definition) is 3. The molecule has 0 aliphatic heterocycles. The van der Waals surface area contributed by atoms with Gasteiger partial charge >= 0.3 is 0 Å². The highest BCUT2D eigenvalue weighted by atomic mass is 35.5. The molecule has 33 heavy (non-hydrogen) atoms. The fourth-order valence-electron chi connectivity index (χ4n) is 3.28. The number of carbonyl (C=O) groups excluding carboxylic acids is 1. The first-order valence-electron chi connectivity index (χ1n) is 10.7. The topological polar surface area (TPSA) is 77.5 Å². The van der Waals surface area contributed by atoms with Gasteiger partial charge in [-0.3, -0.25) is 4.79 Å². The zero-order chi connectivity index (χ0) is 24.0. The summed E-state index contributed by atoms with van der Waals surface area (Å²) in [5.41, 5.74) is 3.65. The van der Waals surface area contributed by atoms with Gasteiger partial charge in [0, 0.05) is 41.7 Å². The summed E-state index contributed by atoms with van der Waals surface area (Å²) >= 11 is 12.5. The summed E-state index contributed by atoms with van der Waals surface area (Å²) in [6, 6.07) is 14.6. The van der Waals surface area contributed by atoms with Gasteiger partial charge in [-0.05, 0) is 74.1 Å². The number of aryl methyl sites for hydroxylation is 1. The van der Waals surface area contributed by atoms with Crippen LogP contribution in [0.3, 0.4) is 0 Å². The largest absolute Gasteiger partial charge is 0.507 e. The lowest BCUT2D eigenvalue weighted by Gasteiger charge is -2.14. The predicted octanol–water partition coefficient (Wildman–Crippen LogP) is 5.22. The summed E-state index contributed by atoms with van der Waals surface area (Å²) in [5, 5.41) is 17.8. The molecule has 1 heterocycles. The van der Waals surface area contributed by atoms with Crippen LogP contribution in [-0.4, -0.2) is 54.6 Å². The SMILES string of the molecule is Cc1cc(O)c(-c2cc(-c3cccc(Cl)c3)cc(NCCC(=O)NCCN(C)C)n2)cc1Cl. The van der Waals surface area contributed by atoms with E-state index in [4.69, 9.17) is 23.2 Å². The Hall–Kier alpha value is -2.80. The first kappa shape index (κ1) is 24.8. The number of phenolic OH excluding ortho intramolecular Hbond substituents is 1. The van der Waals surface area contributed by atoms with Crippen LogP contribution in [0.5, 0.6) is 5.75 Å². The Bertz CT molecular complexity index is 1140. The van der Waals surface area contributed by atoms with Crippen molar-refractivity contribution in [1.29, 1.82) is 0 Å². The Kier molecular flexibility index (Phi) is 8.55. The van der Waals surface area contributed by atoms with Crippen molar-refractivity contribution in [3.05, 3.63) is 64.1 Å². The molecule has 0 radical (unpaired) electrons. The lowest BCUT2D eigenvalue weighted by atomic mass is 10.0. The van der Waals surface area contributed by atoms with Crippen LogP contribution >= 0.6 is 23.2 Å². The molecule has 0 saturated heterocycles. The number of halogens is 2. The molecule has 1 amide bonds. The van der Waals surface area contributed by atoms with Crippen molar-refractivity contribution in [1.82, 2.24) is 15.2 Å². The van der Waals surface area contributed by atoms with Crippen molar-refractivity contribution in [3.63, 3.8) is 0 Å². The van der Waals surface area contributed by atoms with E-state index in [0.29, 0.717) is 46.6 Å². The average Bonchev–Trinajstić information content (AvgIpc) is 2.76. The number of anilines is 1. The average molecular weight is 487 g/mol. The zero-order valence-electron chi connectivity index (χ0n) is 19.0. The van der Waals surface area contributed by atoms with Crippen LogP contribution in [0.15, 0.2) is 48.5 Å². The fraction of sp³-hybridized carbons (Fsp3) is 0.280. The van der Waals surface area contributed by atoms with E-state index in [9.17, 15) is 9.90 Å². The van der Waals surface area contributed by atoms with Gasteiger partial charge in [0.1, 0.15) is 11.6 Å². The van der Waals surface area contributed by atoms with Crippen molar-refractivity contribution >= 4 is 34.9 Å². The van der Waals surface area contributed by atoms with E-state index in [1.807, 2.05) is 62.3 Å². The lowest BCUT2D eigenvalue weighted by Crippen LogP contribution is -2.32. The van der Waals surface area contributed by atoms with E-state index in [-0.39, 0.29) is 11.7 Å². The molecule has 174 valence electrons. The molecule has 1 aromatic heterocycles. The van der Waals surface area contributed by atoms with Gasteiger partial charge in [0.2, 0.25) is 5.91 Å². The minimum absolute atomic E-state index is 0.0291. The second kappa shape index (κ2) is 11.4. The third-order valence-corrected chi connectivity index (χ3v) is 5.72. The summed E-state index contributed by atoms with van der Waals surface area (Å²) in [6.07, 6.45) is 0.313. The summed E-state index contributed by atoms with van der Waals surface area (Å²) in [6.45, 7) is 3.64. The number of carbonyl (C=O) groups is 1. The molecule has 0 unspecified atom stereocenters. The molecule has 3 N–H and O–H groups in total. The van der Waals surface area contributed by atoms with E-state index in [2.05, 4.69) is 15.6 Å². The van der Waals surface area contributed by atoms with Gasteiger partial charge in [-0.15, -0.1) is 0 Å². The zero-order valence-corrected chi connectivity index (χ0v) is 20.5. The number of likely N-dealkylation sites (N-methyl/N-ethyl adjacent to an activating group) is 1. The Morgan fingerprint density at radius 2 is 1.85 bits per heavy atom. The number of aromatic hydroxyl groups is 1. The fourth-order valence-corrected chi connectivity index (χ4v) is 3.63. The van der Waals surface area contributed by atoms with Gasteiger partial charge in [0.25, 0.3) is 0 Å². The molecule has 0 bridgehead atoms. The number of nitrogens with zero attached hydrogens (tertiary/aromatic N) is 2. The van der Waals surface area contributed by atoms with Crippen LogP contribution in [0, 0.1) is 6.92 Å². The quantitative estimate of drug-likeness (QED) is 0.386. The Balaban J connectivity index is 1.86. The summed E-state index contributed by atoms with van der Waals surface area (Å²) < 4.78 is 0. The molecule has 0 aliphatic carbocycles. The van der Waals surface area contributed by atoms with E-state index in [0.717, 1.165) is 23.2 Å². The van der Waals surface area contributed by atoms with Gasteiger partial charge in [-0.25, -0.2) is 4.98 Å². The summed E-state index contributed by atoms with van der Waals surface area (Å²) in [5.74, 6) is 0.650. The van der Waals surface area contributed by atoms with E-state index < -0.39 is 0 Å². The van der Waals surface area contributed by atoms with Crippen LogP contribution in [0.4, 0.5) is 5.82 Å².